The Morgan fingerprint density at radius 1 is 0.519 bits per heavy atom. The molecule has 6 aromatic carbocycles. The van der Waals surface area contributed by atoms with Crippen molar-refractivity contribution in [3.8, 4) is 11.5 Å². The lowest BCUT2D eigenvalue weighted by Gasteiger charge is -2.16. The van der Waals surface area contributed by atoms with Crippen LogP contribution < -0.4 is 21.3 Å². The second kappa shape index (κ2) is 14.1. The van der Waals surface area contributed by atoms with Gasteiger partial charge in [0.25, 0.3) is 32.1 Å². The van der Waals surface area contributed by atoms with Crippen molar-refractivity contribution in [3.63, 3.8) is 0 Å². The highest BCUT2D eigenvalue weighted by atomic mass is 32.2. The number of carbonyl (C=O) groups is 3. The number of carbonyl (C=O) groups excluding carboxylic acids is 3. The zero-order valence-electron chi connectivity index (χ0n) is 28.2. The first kappa shape index (κ1) is 37.2. The second-order valence-corrected chi connectivity index (χ2v) is 15.0. The first-order valence-electron chi connectivity index (χ1n) is 15.8. The number of urea groups is 1. The predicted octanol–water partition coefficient (Wildman–Crippen LogP) is 6.28. The third kappa shape index (κ3) is 7.79. The Kier molecular flexibility index (Phi) is 9.74. The Bertz CT molecular complexity index is 2600. The molecule has 0 heterocycles. The number of rotatable bonds is 8. The first-order chi connectivity index (χ1) is 25.4. The standard InChI is InChI=1S/C37H30N4O11S2/c1-19-3-5-23(17-29(19)38-33-27-11-9-25(53(47,48)49)15-21(27)7-13-31(33)42)35(44)40-37(46)41-36(45)24-6-4-20(2)30(18-24)39-34-28-12-10-26(54(50,51)52)16-22(28)8-14-32(34)43/h3-18,38-39,42-43H,1-2H3,(H,47,48,49)(H,50,51,52)(H2,40,41,44,45,46). The smallest absolute Gasteiger partial charge is 0.328 e. The molecule has 17 heteroatoms. The minimum absolute atomic E-state index is 0.0134. The maximum Gasteiger partial charge on any atom is 0.328 e. The van der Waals surface area contributed by atoms with E-state index in [1.165, 1.54) is 84.9 Å². The molecule has 0 unspecified atom stereocenters. The molecule has 0 aromatic heterocycles. The van der Waals surface area contributed by atoms with Gasteiger partial charge in [-0.25, -0.2) is 4.79 Å². The summed E-state index contributed by atoms with van der Waals surface area (Å²) in [6.07, 6.45) is 0. The van der Waals surface area contributed by atoms with Crippen LogP contribution in [0.4, 0.5) is 27.5 Å². The fraction of sp³-hybridized carbons (Fsp3) is 0.0541. The topological polar surface area (TPSA) is 249 Å². The Morgan fingerprint density at radius 2 is 0.907 bits per heavy atom. The van der Waals surface area contributed by atoms with E-state index in [1.54, 1.807) is 26.0 Å². The van der Waals surface area contributed by atoms with Gasteiger partial charge in [0.1, 0.15) is 11.5 Å². The summed E-state index contributed by atoms with van der Waals surface area (Å²) >= 11 is 0. The Hall–Kier alpha value is -6.53. The largest absolute Gasteiger partial charge is 0.506 e. The number of phenolic OH excluding ortho intramolecular Hbond substituents is 2. The molecule has 0 aliphatic heterocycles. The van der Waals surface area contributed by atoms with Crippen molar-refractivity contribution in [2.45, 2.75) is 23.6 Å². The summed E-state index contributed by atoms with van der Waals surface area (Å²) < 4.78 is 65.3. The van der Waals surface area contributed by atoms with Crippen molar-refractivity contribution in [2.75, 3.05) is 10.6 Å². The van der Waals surface area contributed by atoms with Crippen molar-refractivity contribution in [1.29, 1.82) is 0 Å². The van der Waals surface area contributed by atoms with Gasteiger partial charge < -0.3 is 20.8 Å². The molecule has 0 aliphatic rings. The molecule has 8 N–H and O–H groups in total. The molecule has 276 valence electrons. The zero-order chi connectivity index (χ0) is 39.1. The van der Waals surface area contributed by atoms with Gasteiger partial charge in [0.15, 0.2) is 0 Å². The van der Waals surface area contributed by atoms with Gasteiger partial charge in [0.05, 0.1) is 21.2 Å². The molecule has 0 saturated heterocycles. The molecular formula is C37H30N4O11S2. The van der Waals surface area contributed by atoms with Crippen molar-refractivity contribution < 1.29 is 50.5 Å². The van der Waals surface area contributed by atoms with Crippen LogP contribution in [0.3, 0.4) is 0 Å². The average Bonchev–Trinajstić information content (AvgIpc) is 3.10. The number of nitrogens with one attached hydrogen (secondary N) is 4. The van der Waals surface area contributed by atoms with Crippen molar-refractivity contribution >= 4 is 82.4 Å². The summed E-state index contributed by atoms with van der Waals surface area (Å²) in [5, 5.41) is 33.1. The molecule has 0 fully saturated rings. The highest BCUT2D eigenvalue weighted by Gasteiger charge is 2.19. The highest BCUT2D eigenvalue weighted by molar-refractivity contribution is 7.86. The van der Waals surface area contributed by atoms with Crippen LogP contribution in [0, 0.1) is 13.8 Å². The van der Waals surface area contributed by atoms with E-state index in [-0.39, 0.29) is 43.8 Å². The number of aromatic hydroxyl groups is 2. The van der Waals surface area contributed by atoms with Gasteiger partial charge in [0, 0.05) is 33.3 Å². The highest BCUT2D eigenvalue weighted by Crippen LogP contribution is 2.38. The number of imide groups is 2. The van der Waals surface area contributed by atoms with Crippen LogP contribution in [-0.2, 0) is 20.2 Å². The van der Waals surface area contributed by atoms with Crippen LogP contribution in [0.15, 0.2) is 107 Å². The molecule has 0 bridgehead atoms. The van der Waals surface area contributed by atoms with Gasteiger partial charge in [-0.2, -0.15) is 16.8 Å². The number of aryl methyl sites for hydroxylation is 2. The van der Waals surface area contributed by atoms with Crippen LogP contribution >= 0.6 is 0 Å². The summed E-state index contributed by atoms with van der Waals surface area (Å²) in [6, 6.07) is 21.0. The molecule has 15 nitrogen and oxygen atoms in total. The van der Waals surface area contributed by atoms with Crippen molar-refractivity contribution in [3.05, 3.63) is 119 Å². The first-order valence-corrected chi connectivity index (χ1v) is 18.7. The van der Waals surface area contributed by atoms with Crippen LogP contribution in [0.5, 0.6) is 11.5 Å². The summed E-state index contributed by atoms with van der Waals surface area (Å²) in [4.78, 5) is 38.3. The number of fused-ring (bicyclic) bond motifs is 2. The number of phenols is 2. The van der Waals surface area contributed by atoms with Crippen LogP contribution in [0.1, 0.15) is 31.8 Å². The Labute approximate surface area is 307 Å². The van der Waals surface area contributed by atoms with E-state index >= 15 is 0 Å². The van der Waals surface area contributed by atoms with Crippen LogP contribution in [-0.4, -0.2) is 54.0 Å². The molecular weight excluding hydrogens is 741 g/mol. The quantitative estimate of drug-likeness (QED) is 0.0628. The summed E-state index contributed by atoms with van der Waals surface area (Å²) in [5.41, 5.74) is 2.40. The van der Waals surface area contributed by atoms with Crippen molar-refractivity contribution in [1.82, 2.24) is 10.6 Å². The fourth-order valence-electron chi connectivity index (χ4n) is 5.62. The lowest BCUT2D eigenvalue weighted by Crippen LogP contribution is -2.42. The van der Waals surface area contributed by atoms with Gasteiger partial charge in [0.2, 0.25) is 0 Å². The number of benzene rings is 6. The van der Waals surface area contributed by atoms with E-state index in [1.807, 2.05) is 0 Å². The van der Waals surface area contributed by atoms with Gasteiger partial charge >= 0.3 is 6.03 Å². The molecule has 6 aromatic rings. The molecule has 0 spiro atoms. The summed E-state index contributed by atoms with van der Waals surface area (Å²) in [5.74, 6) is -2.10. The minimum atomic E-state index is -4.47. The second-order valence-electron chi connectivity index (χ2n) is 12.2. The SMILES string of the molecule is Cc1ccc(C(=O)NC(=O)NC(=O)c2ccc(C)c(Nc3c(O)ccc4cc(S(=O)(=O)O)ccc34)c2)cc1Nc1c(O)ccc2cc(S(=O)(=O)O)ccc12. The molecule has 54 heavy (non-hydrogen) atoms. The Balaban J connectivity index is 1.17. The van der Waals surface area contributed by atoms with E-state index in [4.69, 9.17) is 0 Å². The number of amides is 4. The van der Waals surface area contributed by atoms with Gasteiger partial charge in [-0.3, -0.25) is 29.3 Å². The molecule has 0 atom stereocenters. The number of hydrogen-bond acceptors (Lipinski definition) is 11. The minimum Gasteiger partial charge on any atom is -0.506 e. The molecule has 4 amide bonds. The third-order valence-electron chi connectivity index (χ3n) is 8.51. The monoisotopic (exact) mass is 770 g/mol. The van der Waals surface area contributed by atoms with E-state index in [2.05, 4.69) is 21.3 Å². The molecule has 6 rings (SSSR count). The van der Waals surface area contributed by atoms with E-state index < -0.39 is 38.1 Å². The van der Waals surface area contributed by atoms with Gasteiger partial charge in [-0.15, -0.1) is 0 Å². The number of hydrogen-bond donors (Lipinski definition) is 8. The maximum atomic E-state index is 13.1. The average molecular weight is 771 g/mol. The summed E-state index contributed by atoms with van der Waals surface area (Å²) in [6.45, 7) is 3.44. The van der Waals surface area contributed by atoms with Crippen molar-refractivity contribution in [2.24, 2.45) is 0 Å². The van der Waals surface area contributed by atoms with Gasteiger partial charge in [-0.1, -0.05) is 36.4 Å². The lowest BCUT2D eigenvalue weighted by atomic mass is 10.1. The van der Waals surface area contributed by atoms with Crippen LogP contribution in [0.25, 0.3) is 21.5 Å². The lowest BCUT2D eigenvalue weighted by molar-refractivity contribution is 0.0944. The summed E-state index contributed by atoms with van der Waals surface area (Å²) in [7, 11) is -8.95. The Morgan fingerprint density at radius 3 is 1.28 bits per heavy atom. The molecule has 0 saturated carbocycles. The van der Waals surface area contributed by atoms with E-state index in [0.717, 1.165) is 0 Å². The number of anilines is 4. The van der Waals surface area contributed by atoms with E-state index in [0.29, 0.717) is 44.0 Å². The zero-order valence-corrected chi connectivity index (χ0v) is 29.8. The molecule has 0 radical (unpaired) electrons. The molecule has 0 aliphatic carbocycles. The fourth-order valence-corrected chi connectivity index (χ4v) is 6.66. The third-order valence-corrected chi connectivity index (χ3v) is 10.2. The normalized spacial score (nSPS) is 11.6. The van der Waals surface area contributed by atoms with Crippen LogP contribution in [0.2, 0.25) is 0 Å². The maximum absolute atomic E-state index is 13.1. The van der Waals surface area contributed by atoms with E-state index in [9.17, 15) is 50.5 Å². The predicted molar refractivity (Wildman–Crippen MR) is 200 cm³/mol. The van der Waals surface area contributed by atoms with Gasteiger partial charge in [-0.05, 0) is 96.4 Å².